The van der Waals surface area contributed by atoms with Crippen LogP contribution in [0, 0.1) is 5.41 Å². The lowest BCUT2D eigenvalue weighted by Gasteiger charge is -2.24. The summed E-state index contributed by atoms with van der Waals surface area (Å²) in [7, 11) is 3.28. The zero-order valence-electron chi connectivity index (χ0n) is 16.4. The van der Waals surface area contributed by atoms with E-state index in [4.69, 9.17) is 4.74 Å². The molecular formula is C21H31F2NO3. The molecule has 2 rings (SSSR count). The van der Waals surface area contributed by atoms with Gasteiger partial charge in [-0.15, -0.1) is 0 Å². The average Bonchev–Trinajstić information content (AvgIpc) is 3.18. The maximum Gasteiger partial charge on any atom is 0.305 e. The highest BCUT2D eigenvalue weighted by Crippen LogP contribution is 2.60. The molecule has 0 bridgehead atoms. The van der Waals surface area contributed by atoms with Crippen LogP contribution < -0.4 is 0 Å². The summed E-state index contributed by atoms with van der Waals surface area (Å²) in [4.78, 5) is 13.0. The van der Waals surface area contributed by atoms with Gasteiger partial charge >= 0.3 is 5.97 Å². The lowest BCUT2D eigenvalue weighted by Crippen LogP contribution is -2.34. The van der Waals surface area contributed by atoms with E-state index in [1.54, 1.807) is 0 Å². The van der Waals surface area contributed by atoms with Gasteiger partial charge in [0.1, 0.15) is 0 Å². The Balaban J connectivity index is 1.65. The molecule has 0 aliphatic heterocycles. The Labute approximate surface area is 160 Å². The molecule has 0 heterocycles. The molecule has 1 aliphatic rings. The molecule has 1 aromatic carbocycles. The zero-order chi connectivity index (χ0) is 19.8. The summed E-state index contributed by atoms with van der Waals surface area (Å²) < 4.78 is 38.2. The van der Waals surface area contributed by atoms with Gasteiger partial charge in [-0.3, -0.25) is 4.79 Å². The normalized spacial score (nSPS) is 20.6. The van der Waals surface area contributed by atoms with Crippen molar-refractivity contribution in [2.24, 2.45) is 5.41 Å². The molecule has 1 fully saturated rings. The predicted molar refractivity (Wildman–Crippen MR) is 101 cm³/mol. The van der Waals surface area contributed by atoms with E-state index in [1.165, 1.54) is 7.11 Å². The molecule has 0 spiro atoms. The number of alkyl halides is 2. The van der Waals surface area contributed by atoms with Crippen LogP contribution in [0.5, 0.6) is 0 Å². The summed E-state index contributed by atoms with van der Waals surface area (Å²) >= 11 is 0. The summed E-state index contributed by atoms with van der Waals surface area (Å²) in [5.74, 6) is -2.82. The summed E-state index contributed by atoms with van der Waals surface area (Å²) in [5, 5.41) is 0. The van der Waals surface area contributed by atoms with Gasteiger partial charge < -0.3 is 14.4 Å². The standard InChI is InChI=1S/C21H31F2NO3/c1-24(13-9-4-3-8-12-19(25)26-2)16-20(15-21(20,22)23)17-27-14-18-10-6-5-7-11-18/h5-7,10-11H,3-4,8-9,12-17H2,1-2H3/t20-/m1/s1. The van der Waals surface area contributed by atoms with Crippen LogP contribution in [0.25, 0.3) is 0 Å². The number of methoxy groups -OCH3 is 1. The molecule has 152 valence electrons. The Morgan fingerprint density at radius 3 is 2.44 bits per heavy atom. The minimum Gasteiger partial charge on any atom is -0.469 e. The fourth-order valence-electron chi connectivity index (χ4n) is 3.40. The molecule has 4 nitrogen and oxygen atoms in total. The Kier molecular flexibility index (Phi) is 8.17. The molecular weight excluding hydrogens is 352 g/mol. The monoisotopic (exact) mass is 383 g/mol. The van der Waals surface area contributed by atoms with Crippen LogP contribution in [0.4, 0.5) is 8.78 Å². The van der Waals surface area contributed by atoms with Crippen molar-refractivity contribution in [3.63, 3.8) is 0 Å². The van der Waals surface area contributed by atoms with Gasteiger partial charge in [-0.2, -0.15) is 0 Å². The molecule has 1 aromatic rings. The van der Waals surface area contributed by atoms with E-state index in [0.29, 0.717) is 19.6 Å². The minimum absolute atomic E-state index is 0.0817. The number of unbranched alkanes of at least 4 members (excludes halogenated alkanes) is 3. The topological polar surface area (TPSA) is 38.8 Å². The molecule has 0 unspecified atom stereocenters. The van der Waals surface area contributed by atoms with Crippen molar-refractivity contribution in [1.29, 1.82) is 0 Å². The molecule has 6 heteroatoms. The number of benzene rings is 1. The molecule has 27 heavy (non-hydrogen) atoms. The van der Waals surface area contributed by atoms with Crippen molar-refractivity contribution in [2.75, 3.05) is 33.9 Å². The van der Waals surface area contributed by atoms with Gasteiger partial charge in [0.2, 0.25) is 0 Å². The third-order valence-corrected chi connectivity index (χ3v) is 5.17. The first kappa shape index (κ1) is 21.8. The third-order valence-electron chi connectivity index (χ3n) is 5.17. The number of esters is 1. The number of hydrogen-bond acceptors (Lipinski definition) is 4. The van der Waals surface area contributed by atoms with E-state index in [-0.39, 0.29) is 19.0 Å². The van der Waals surface area contributed by atoms with Crippen molar-refractivity contribution in [1.82, 2.24) is 4.90 Å². The molecule has 0 saturated heterocycles. The van der Waals surface area contributed by atoms with Crippen molar-refractivity contribution in [3.05, 3.63) is 35.9 Å². The average molecular weight is 383 g/mol. The molecule has 0 amide bonds. The van der Waals surface area contributed by atoms with Gasteiger partial charge in [-0.05, 0) is 32.0 Å². The van der Waals surface area contributed by atoms with Crippen LogP contribution in [0.3, 0.4) is 0 Å². The maximum atomic E-state index is 14.0. The van der Waals surface area contributed by atoms with Crippen molar-refractivity contribution in [2.45, 2.75) is 51.1 Å². The minimum atomic E-state index is -2.64. The lowest BCUT2D eigenvalue weighted by atomic mass is 10.1. The second-order valence-corrected chi connectivity index (χ2v) is 7.62. The van der Waals surface area contributed by atoms with Gasteiger partial charge in [0.15, 0.2) is 0 Å². The summed E-state index contributed by atoms with van der Waals surface area (Å²) in [5.41, 5.74) is -0.0570. The van der Waals surface area contributed by atoms with E-state index < -0.39 is 11.3 Å². The summed E-state index contributed by atoms with van der Waals surface area (Å²) in [6.07, 6.45) is 4.02. The van der Waals surface area contributed by atoms with Gasteiger partial charge in [0, 0.05) is 19.4 Å². The predicted octanol–water partition coefficient (Wildman–Crippen LogP) is 4.28. The van der Waals surface area contributed by atoms with Gasteiger partial charge in [0.25, 0.3) is 5.92 Å². The van der Waals surface area contributed by atoms with Crippen LogP contribution in [0.2, 0.25) is 0 Å². The Bertz CT molecular complexity index is 582. The quantitative estimate of drug-likeness (QED) is 0.376. The molecule has 0 aromatic heterocycles. The van der Waals surface area contributed by atoms with E-state index >= 15 is 0 Å². The maximum absolute atomic E-state index is 14.0. The summed E-state index contributed by atoms with van der Waals surface area (Å²) in [6.45, 7) is 1.56. The van der Waals surface area contributed by atoms with Crippen LogP contribution in [-0.2, 0) is 20.9 Å². The van der Waals surface area contributed by atoms with Crippen molar-refractivity contribution < 1.29 is 23.0 Å². The first-order valence-electron chi connectivity index (χ1n) is 9.63. The van der Waals surface area contributed by atoms with Gasteiger partial charge in [0.05, 0.1) is 25.7 Å². The molecule has 0 radical (unpaired) electrons. The fraction of sp³-hybridized carbons (Fsp3) is 0.667. The molecule has 0 N–H and O–H groups in total. The van der Waals surface area contributed by atoms with Crippen molar-refractivity contribution >= 4 is 5.97 Å². The Morgan fingerprint density at radius 2 is 1.81 bits per heavy atom. The van der Waals surface area contributed by atoms with E-state index in [1.807, 2.05) is 42.3 Å². The second-order valence-electron chi connectivity index (χ2n) is 7.62. The van der Waals surface area contributed by atoms with E-state index in [0.717, 1.165) is 37.8 Å². The SMILES string of the molecule is COC(=O)CCCCCCN(C)C[C@@]1(COCc2ccccc2)CC1(F)F. The van der Waals surface area contributed by atoms with E-state index in [9.17, 15) is 13.6 Å². The van der Waals surface area contributed by atoms with Gasteiger partial charge in [-0.25, -0.2) is 8.78 Å². The first-order chi connectivity index (χ1) is 12.9. The highest BCUT2D eigenvalue weighted by Gasteiger charge is 2.71. The van der Waals surface area contributed by atoms with Crippen LogP contribution >= 0.6 is 0 Å². The van der Waals surface area contributed by atoms with Crippen LogP contribution in [0.15, 0.2) is 30.3 Å². The third kappa shape index (κ3) is 6.85. The number of halogens is 2. The molecule has 1 atom stereocenters. The van der Waals surface area contributed by atoms with Gasteiger partial charge in [-0.1, -0.05) is 43.2 Å². The number of nitrogens with zero attached hydrogens (tertiary/aromatic N) is 1. The van der Waals surface area contributed by atoms with Crippen LogP contribution in [-0.4, -0.2) is 50.6 Å². The van der Waals surface area contributed by atoms with E-state index in [2.05, 4.69) is 4.74 Å². The summed E-state index contributed by atoms with van der Waals surface area (Å²) in [6, 6.07) is 9.62. The number of carbonyl (C=O) groups excluding carboxylic acids is 1. The first-order valence-corrected chi connectivity index (χ1v) is 9.63. The number of ether oxygens (including phenoxy) is 2. The lowest BCUT2D eigenvalue weighted by molar-refractivity contribution is -0.140. The van der Waals surface area contributed by atoms with Crippen LogP contribution in [0.1, 0.15) is 44.1 Å². The molecule has 1 saturated carbocycles. The Hall–Kier alpha value is -1.53. The highest BCUT2D eigenvalue weighted by molar-refractivity contribution is 5.68. The zero-order valence-corrected chi connectivity index (χ0v) is 16.4. The fourth-order valence-corrected chi connectivity index (χ4v) is 3.40. The molecule has 1 aliphatic carbocycles. The largest absolute Gasteiger partial charge is 0.469 e. The smallest absolute Gasteiger partial charge is 0.305 e. The highest BCUT2D eigenvalue weighted by atomic mass is 19.3. The second kappa shape index (κ2) is 10.1. The Morgan fingerprint density at radius 1 is 1.15 bits per heavy atom. The number of rotatable bonds is 13. The number of hydrogen-bond donors (Lipinski definition) is 0. The number of carbonyl (C=O) groups is 1. The van der Waals surface area contributed by atoms with Crippen molar-refractivity contribution in [3.8, 4) is 0 Å².